The van der Waals surface area contributed by atoms with Crippen LogP contribution in [0.1, 0.15) is 0 Å². The van der Waals surface area contributed by atoms with Crippen molar-refractivity contribution in [3.8, 4) is 0 Å². The summed E-state index contributed by atoms with van der Waals surface area (Å²) < 4.78 is 0. The molecule has 0 bridgehead atoms. The van der Waals surface area contributed by atoms with Gasteiger partial charge in [0.05, 0.1) is 15.3 Å². The van der Waals surface area contributed by atoms with Crippen LogP contribution in [0, 0.1) is 46.0 Å². The predicted molar refractivity (Wildman–Crippen MR) is 52.8 cm³/mol. The summed E-state index contributed by atoms with van der Waals surface area (Å²) in [4.78, 5) is 24.8. The van der Waals surface area contributed by atoms with Crippen molar-refractivity contribution in [3.63, 3.8) is 0 Å². The van der Waals surface area contributed by atoms with Crippen LogP contribution in [0.4, 0.5) is 0 Å². The van der Waals surface area contributed by atoms with Crippen LogP contribution in [-0.2, 0) is 19.5 Å². The SMILES string of the molecule is O.O.O.O.O.O.O=[N+]([O-])[O-].O=[N+]([O-])[O-].O=[N+]([O-])[O-].[Rh+3]. The largest absolute Gasteiger partial charge is 3.00 e. The minimum atomic E-state index is -1.75. The molecule has 12 N–H and O–H groups in total. The first-order valence-electron chi connectivity index (χ1n) is 1.64. The molecule has 0 fully saturated rings. The van der Waals surface area contributed by atoms with Crippen LogP contribution < -0.4 is 0 Å². The molecule has 0 spiro atoms. The topological polar surface area (TPSA) is 388 Å². The van der Waals surface area contributed by atoms with E-state index < -0.39 is 15.3 Å². The zero-order chi connectivity index (χ0) is 10.7. The Morgan fingerprint density at radius 1 is 0.421 bits per heavy atom. The van der Waals surface area contributed by atoms with E-state index in [-0.39, 0.29) is 52.3 Å². The van der Waals surface area contributed by atoms with Gasteiger partial charge in [-0.1, -0.05) is 0 Å². The van der Waals surface area contributed by atoms with Crippen LogP contribution in [0.25, 0.3) is 0 Å². The second kappa shape index (κ2) is 73.6. The van der Waals surface area contributed by atoms with E-state index in [0.29, 0.717) is 0 Å². The van der Waals surface area contributed by atoms with Crippen molar-refractivity contribution in [2.45, 2.75) is 0 Å². The fourth-order valence-corrected chi connectivity index (χ4v) is 0. The molecule has 0 aromatic carbocycles. The van der Waals surface area contributed by atoms with Gasteiger partial charge in [0.25, 0.3) is 0 Å². The average Bonchev–Trinajstić information content (AvgIpc) is 1.54. The van der Waals surface area contributed by atoms with E-state index >= 15 is 0 Å². The Labute approximate surface area is 114 Å². The molecule has 0 aliphatic rings. The summed E-state index contributed by atoms with van der Waals surface area (Å²) in [5.74, 6) is 0. The predicted octanol–water partition coefficient (Wildman–Crippen LogP) is -5.67. The van der Waals surface area contributed by atoms with Gasteiger partial charge in [-0.15, -0.1) is 0 Å². The maximum atomic E-state index is 8.25. The van der Waals surface area contributed by atoms with Gasteiger partial charge in [0.1, 0.15) is 0 Å². The Morgan fingerprint density at radius 3 is 0.421 bits per heavy atom. The molecule has 0 aromatic heterocycles. The van der Waals surface area contributed by atoms with Crippen LogP contribution in [0.2, 0.25) is 0 Å². The summed E-state index contributed by atoms with van der Waals surface area (Å²) in [5.41, 5.74) is 0. The first-order valence-corrected chi connectivity index (χ1v) is 1.64. The summed E-state index contributed by atoms with van der Waals surface area (Å²) in [6.07, 6.45) is 0. The van der Waals surface area contributed by atoms with Crippen LogP contribution in [0.15, 0.2) is 0 Å². The first kappa shape index (κ1) is 89.0. The Bertz CT molecular complexity index is 115. The Balaban J connectivity index is -0.00000000675. The minimum Gasteiger partial charge on any atom is -0.412 e. The van der Waals surface area contributed by atoms with Crippen LogP contribution >= 0.6 is 0 Å². The smallest absolute Gasteiger partial charge is 0.412 e. The van der Waals surface area contributed by atoms with Crippen LogP contribution in [0.5, 0.6) is 0 Å². The third-order valence-corrected chi connectivity index (χ3v) is 0. The Kier molecular flexibility index (Phi) is 345. The number of hydrogen-bond donors (Lipinski definition) is 0. The van der Waals surface area contributed by atoms with Crippen molar-refractivity contribution >= 4 is 0 Å². The zero-order valence-electron chi connectivity index (χ0n) is 8.35. The normalized spacial score (nSPS) is 3.79. The summed E-state index contributed by atoms with van der Waals surface area (Å²) in [6, 6.07) is 0. The molecule has 0 heterocycles. The van der Waals surface area contributed by atoms with Gasteiger partial charge in [-0.2, -0.15) is 0 Å². The number of hydrogen-bond acceptors (Lipinski definition) is 9. The van der Waals surface area contributed by atoms with Crippen molar-refractivity contribution < 1.29 is 67.6 Å². The molecule has 0 saturated heterocycles. The van der Waals surface area contributed by atoms with Gasteiger partial charge in [0.2, 0.25) is 0 Å². The van der Waals surface area contributed by atoms with Crippen LogP contribution in [0.3, 0.4) is 0 Å². The maximum Gasteiger partial charge on any atom is 3.00 e. The third-order valence-electron chi connectivity index (χ3n) is 0. The van der Waals surface area contributed by atoms with Gasteiger partial charge in [0, 0.05) is 0 Å². The van der Waals surface area contributed by atoms with E-state index in [1.165, 1.54) is 0 Å². The molecule has 0 atom stereocenters. The molecule has 126 valence electrons. The summed E-state index contributed by atoms with van der Waals surface area (Å²) in [5, 5.41) is 44.2. The molecular weight excluding hydrogens is 385 g/mol. The number of nitrogens with zero attached hydrogens (tertiary/aromatic N) is 3. The minimum absolute atomic E-state index is 0. The monoisotopic (exact) mass is 397 g/mol. The Morgan fingerprint density at radius 2 is 0.421 bits per heavy atom. The fraction of sp³-hybridized carbons (Fsp3) is 0. The second-order valence-electron chi connectivity index (χ2n) is 0.671. The molecule has 0 aliphatic carbocycles. The Hall–Kier alpha value is -2.02. The second-order valence-corrected chi connectivity index (χ2v) is 0.671. The molecule has 19 heavy (non-hydrogen) atoms. The molecule has 18 nitrogen and oxygen atoms in total. The molecule has 19 heteroatoms. The average molecular weight is 397 g/mol. The molecular formula is H12N3O15Rh. The fourth-order valence-electron chi connectivity index (χ4n) is 0. The zero-order valence-corrected chi connectivity index (χ0v) is 9.99. The summed E-state index contributed by atoms with van der Waals surface area (Å²) in [6.45, 7) is 0. The standard InChI is InChI=1S/3NO3.6H2O.Rh/c3*2-1(3)4;;;;;;;/h;;;6*1H2;/q3*-1;;;;;;;+3. The van der Waals surface area contributed by atoms with Gasteiger partial charge >= 0.3 is 19.5 Å². The van der Waals surface area contributed by atoms with E-state index in [0.717, 1.165) is 0 Å². The van der Waals surface area contributed by atoms with Crippen molar-refractivity contribution in [2.24, 2.45) is 0 Å². The van der Waals surface area contributed by atoms with E-state index in [9.17, 15) is 0 Å². The van der Waals surface area contributed by atoms with E-state index in [4.69, 9.17) is 46.0 Å². The van der Waals surface area contributed by atoms with Gasteiger partial charge in [-0.05, 0) is 0 Å². The van der Waals surface area contributed by atoms with Gasteiger partial charge < -0.3 is 78.8 Å². The van der Waals surface area contributed by atoms with E-state index in [2.05, 4.69) is 0 Å². The number of rotatable bonds is 0. The van der Waals surface area contributed by atoms with Gasteiger partial charge in [-0.25, -0.2) is 0 Å². The molecule has 0 rings (SSSR count). The van der Waals surface area contributed by atoms with E-state index in [1.54, 1.807) is 0 Å². The van der Waals surface area contributed by atoms with Crippen molar-refractivity contribution in [1.82, 2.24) is 0 Å². The summed E-state index contributed by atoms with van der Waals surface area (Å²) in [7, 11) is 0. The molecule has 0 unspecified atom stereocenters. The molecule has 0 saturated carbocycles. The van der Waals surface area contributed by atoms with Crippen molar-refractivity contribution in [1.29, 1.82) is 0 Å². The molecule has 0 aromatic rings. The molecule has 0 amide bonds. The van der Waals surface area contributed by atoms with Crippen molar-refractivity contribution in [2.75, 3.05) is 0 Å². The quantitative estimate of drug-likeness (QED) is 0.213. The van der Waals surface area contributed by atoms with Gasteiger partial charge in [0.15, 0.2) is 0 Å². The van der Waals surface area contributed by atoms with Crippen molar-refractivity contribution in [3.05, 3.63) is 46.0 Å². The van der Waals surface area contributed by atoms with Gasteiger partial charge in [-0.3, -0.25) is 0 Å². The third kappa shape index (κ3) is 768. The van der Waals surface area contributed by atoms with Crippen LogP contribution in [-0.4, -0.2) is 48.1 Å². The van der Waals surface area contributed by atoms with E-state index in [1.807, 2.05) is 0 Å². The maximum absolute atomic E-state index is 8.25. The summed E-state index contributed by atoms with van der Waals surface area (Å²) >= 11 is 0. The molecule has 0 radical (unpaired) electrons. The first-order chi connectivity index (χ1) is 5.20. The molecule has 0 aliphatic heterocycles.